The Morgan fingerprint density at radius 3 is 2.39 bits per heavy atom. The van der Waals surface area contributed by atoms with Crippen LogP contribution in [-0.2, 0) is 4.79 Å². The fourth-order valence-corrected chi connectivity index (χ4v) is 2.80. The van der Waals surface area contributed by atoms with Crippen LogP contribution < -0.4 is 15.5 Å². The van der Waals surface area contributed by atoms with Gasteiger partial charge in [0.2, 0.25) is 5.91 Å². The van der Waals surface area contributed by atoms with Crippen molar-refractivity contribution < 1.29 is 9.59 Å². The molecule has 1 aromatic heterocycles. The molecule has 0 aliphatic carbocycles. The summed E-state index contributed by atoms with van der Waals surface area (Å²) in [6, 6.07) is 5.32. The Labute approximate surface area is 139 Å². The molecule has 0 saturated carbocycles. The summed E-state index contributed by atoms with van der Waals surface area (Å²) in [6.45, 7) is 5.27. The minimum atomic E-state index is -0.300. The minimum absolute atomic E-state index is 0.224. The van der Waals surface area contributed by atoms with E-state index in [2.05, 4.69) is 15.6 Å². The highest BCUT2D eigenvalue weighted by molar-refractivity contribution is 7.15. The van der Waals surface area contributed by atoms with E-state index in [0.29, 0.717) is 16.4 Å². The van der Waals surface area contributed by atoms with Crippen LogP contribution in [-0.4, -0.2) is 30.9 Å². The van der Waals surface area contributed by atoms with E-state index in [-0.39, 0.29) is 11.8 Å². The van der Waals surface area contributed by atoms with Crippen LogP contribution in [0.4, 0.5) is 16.5 Å². The van der Waals surface area contributed by atoms with Gasteiger partial charge < -0.3 is 10.2 Å². The van der Waals surface area contributed by atoms with Gasteiger partial charge in [-0.3, -0.25) is 14.9 Å². The Kier molecular flexibility index (Phi) is 5.00. The third kappa shape index (κ3) is 4.07. The van der Waals surface area contributed by atoms with Crippen LogP contribution in [0.5, 0.6) is 0 Å². The van der Waals surface area contributed by atoms with Crippen molar-refractivity contribution in [3.05, 3.63) is 34.3 Å². The van der Waals surface area contributed by atoms with Crippen molar-refractivity contribution in [1.82, 2.24) is 4.98 Å². The topological polar surface area (TPSA) is 74.3 Å². The summed E-state index contributed by atoms with van der Waals surface area (Å²) in [5, 5.41) is 6.04. The molecule has 0 aliphatic rings. The SMILES string of the molecule is CC(=O)Nc1ccc(N(C)C)cc1C(=O)Nc1nc(C)c(C)s1. The molecule has 2 N–H and O–H groups in total. The standard InChI is InChI=1S/C16H20N4O2S/c1-9-10(2)23-16(17-9)19-15(22)13-8-12(20(4)5)6-7-14(13)18-11(3)21/h6-8H,1-5H3,(H,18,21)(H,17,19,22). The third-order valence-corrected chi connectivity index (χ3v) is 4.31. The molecule has 1 heterocycles. The summed E-state index contributed by atoms with van der Waals surface area (Å²) in [6.07, 6.45) is 0. The largest absolute Gasteiger partial charge is 0.378 e. The normalized spacial score (nSPS) is 10.3. The molecule has 0 unspecified atom stereocenters. The predicted octanol–water partition coefficient (Wildman–Crippen LogP) is 3.04. The van der Waals surface area contributed by atoms with Gasteiger partial charge in [-0.25, -0.2) is 4.98 Å². The zero-order valence-corrected chi connectivity index (χ0v) is 14.7. The minimum Gasteiger partial charge on any atom is -0.378 e. The van der Waals surface area contributed by atoms with Crippen LogP contribution in [0.15, 0.2) is 18.2 Å². The lowest BCUT2D eigenvalue weighted by molar-refractivity contribution is -0.114. The number of rotatable bonds is 4. The van der Waals surface area contributed by atoms with E-state index in [1.54, 1.807) is 12.1 Å². The van der Waals surface area contributed by atoms with Crippen molar-refractivity contribution in [3.63, 3.8) is 0 Å². The van der Waals surface area contributed by atoms with Crippen LogP contribution in [0, 0.1) is 13.8 Å². The van der Waals surface area contributed by atoms with Gasteiger partial charge >= 0.3 is 0 Å². The molecule has 7 heteroatoms. The first-order chi connectivity index (χ1) is 10.8. The molecule has 0 bridgehead atoms. The Balaban J connectivity index is 2.35. The number of hydrogen-bond donors (Lipinski definition) is 2. The second-order valence-corrected chi connectivity index (χ2v) is 6.62. The van der Waals surface area contributed by atoms with Gasteiger partial charge in [-0.05, 0) is 32.0 Å². The first kappa shape index (κ1) is 17.0. The highest BCUT2D eigenvalue weighted by Gasteiger charge is 2.16. The van der Waals surface area contributed by atoms with Crippen molar-refractivity contribution in [2.75, 3.05) is 29.6 Å². The lowest BCUT2D eigenvalue weighted by Crippen LogP contribution is -2.18. The number of thiazole rings is 1. The highest BCUT2D eigenvalue weighted by Crippen LogP contribution is 2.26. The monoisotopic (exact) mass is 332 g/mol. The molecule has 0 radical (unpaired) electrons. The van der Waals surface area contributed by atoms with E-state index in [9.17, 15) is 9.59 Å². The zero-order valence-electron chi connectivity index (χ0n) is 13.9. The van der Waals surface area contributed by atoms with Crippen molar-refractivity contribution in [3.8, 4) is 0 Å². The molecule has 0 fully saturated rings. The third-order valence-electron chi connectivity index (χ3n) is 3.32. The van der Waals surface area contributed by atoms with Crippen LogP contribution >= 0.6 is 11.3 Å². The van der Waals surface area contributed by atoms with Crippen molar-refractivity contribution in [2.24, 2.45) is 0 Å². The summed E-state index contributed by atoms with van der Waals surface area (Å²) >= 11 is 1.43. The van der Waals surface area contributed by atoms with Gasteiger partial charge in [-0.15, -0.1) is 11.3 Å². The van der Waals surface area contributed by atoms with Crippen LogP contribution in [0.25, 0.3) is 0 Å². The summed E-state index contributed by atoms with van der Waals surface area (Å²) in [7, 11) is 3.78. The van der Waals surface area contributed by atoms with Gasteiger partial charge in [0.25, 0.3) is 5.91 Å². The molecular weight excluding hydrogens is 312 g/mol. The number of benzene rings is 1. The van der Waals surface area contributed by atoms with Gasteiger partial charge in [0.1, 0.15) is 0 Å². The van der Waals surface area contributed by atoms with Crippen LogP contribution in [0.2, 0.25) is 0 Å². The Morgan fingerprint density at radius 2 is 1.87 bits per heavy atom. The first-order valence-electron chi connectivity index (χ1n) is 7.12. The maximum absolute atomic E-state index is 12.6. The number of amides is 2. The lowest BCUT2D eigenvalue weighted by atomic mass is 10.1. The van der Waals surface area contributed by atoms with E-state index in [1.165, 1.54) is 18.3 Å². The Bertz CT molecular complexity index is 733. The van der Waals surface area contributed by atoms with E-state index in [1.807, 2.05) is 38.9 Å². The van der Waals surface area contributed by atoms with Crippen molar-refractivity contribution in [2.45, 2.75) is 20.8 Å². The molecule has 0 saturated heterocycles. The first-order valence-corrected chi connectivity index (χ1v) is 7.94. The van der Waals surface area contributed by atoms with Gasteiger partial charge in [-0.1, -0.05) is 0 Å². The maximum atomic E-state index is 12.6. The molecule has 122 valence electrons. The maximum Gasteiger partial charge on any atom is 0.259 e. The number of nitrogens with one attached hydrogen (secondary N) is 2. The molecule has 1 aromatic carbocycles. The molecule has 0 atom stereocenters. The van der Waals surface area contributed by atoms with Crippen molar-refractivity contribution >= 4 is 39.7 Å². The van der Waals surface area contributed by atoms with Crippen LogP contribution in [0.3, 0.4) is 0 Å². The molecular formula is C16H20N4O2S. The average Bonchev–Trinajstić information content (AvgIpc) is 2.76. The Hall–Kier alpha value is -2.41. The van der Waals surface area contributed by atoms with Crippen LogP contribution in [0.1, 0.15) is 27.9 Å². The summed E-state index contributed by atoms with van der Waals surface area (Å²) < 4.78 is 0. The number of nitrogens with zero attached hydrogens (tertiary/aromatic N) is 2. The highest BCUT2D eigenvalue weighted by atomic mass is 32.1. The number of carbonyl (C=O) groups is 2. The summed E-state index contributed by atoms with van der Waals surface area (Å²) in [4.78, 5) is 31.2. The number of aryl methyl sites for hydroxylation is 2. The predicted molar refractivity (Wildman–Crippen MR) is 94.6 cm³/mol. The molecule has 0 spiro atoms. The number of anilines is 3. The van der Waals surface area contributed by atoms with Gasteiger partial charge in [-0.2, -0.15) is 0 Å². The van der Waals surface area contributed by atoms with E-state index >= 15 is 0 Å². The zero-order chi connectivity index (χ0) is 17.1. The average molecular weight is 332 g/mol. The summed E-state index contributed by atoms with van der Waals surface area (Å²) in [5.74, 6) is -0.524. The quantitative estimate of drug-likeness (QED) is 0.902. The number of carbonyl (C=O) groups excluding carboxylic acids is 2. The molecule has 23 heavy (non-hydrogen) atoms. The van der Waals surface area contributed by atoms with E-state index in [0.717, 1.165) is 16.3 Å². The number of aromatic nitrogens is 1. The van der Waals surface area contributed by atoms with Gasteiger partial charge in [0.15, 0.2) is 5.13 Å². The number of hydrogen-bond acceptors (Lipinski definition) is 5. The second-order valence-electron chi connectivity index (χ2n) is 5.42. The Morgan fingerprint density at radius 1 is 1.17 bits per heavy atom. The molecule has 6 nitrogen and oxygen atoms in total. The fourth-order valence-electron chi connectivity index (χ4n) is 1.99. The van der Waals surface area contributed by atoms with E-state index < -0.39 is 0 Å². The lowest BCUT2D eigenvalue weighted by Gasteiger charge is -2.16. The van der Waals surface area contributed by atoms with Gasteiger partial charge in [0.05, 0.1) is 16.9 Å². The van der Waals surface area contributed by atoms with Gasteiger partial charge in [0, 0.05) is 31.6 Å². The second kappa shape index (κ2) is 6.78. The summed E-state index contributed by atoms with van der Waals surface area (Å²) in [5.41, 5.74) is 2.65. The molecule has 2 rings (SSSR count). The van der Waals surface area contributed by atoms with E-state index in [4.69, 9.17) is 0 Å². The molecule has 2 amide bonds. The molecule has 2 aromatic rings. The van der Waals surface area contributed by atoms with Crippen molar-refractivity contribution in [1.29, 1.82) is 0 Å². The molecule has 0 aliphatic heterocycles. The fraction of sp³-hybridized carbons (Fsp3) is 0.312. The smallest absolute Gasteiger partial charge is 0.259 e.